The monoisotopic (exact) mass is 437 g/mol. The lowest BCUT2D eigenvalue weighted by Crippen LogP contribution is -2.47. The third-order valence-electron chi connectivity index (χ3n) is 6.74. The Morgan fingerprint density at radius 1 is 1.06 bits per heavy atom. The molecule has 32 heavy (non-hydrogen) atoms. The van der Waals surface area contributed by atoms with Crippen molar-refractivity contribution in [1.82, 2.24) is 14.9 Å². The van der Waals surface area contributed by atoms with E-state index in [4.69, 9.17) is 10.5 Å². The minimum atomic E-state index is -0.615. The maximum absolute atomic E-state index is 13.3. The fourth-order valence-corrected chi connectivity index (χ4v) is 5.00. The fraction of sp³-hybridized carbons (Fsp3) is 0.560. The molecule has 3 heterocycles. The quantitative estimate of drug-likeness (QED) is 0.632. The van der Waals surface area contributed by atoms with Gasteiger partial charge in [-0.05, 0) is 58.2 Å². The molecule has 2 aromatic rings. The largest absolute Gasteiger partial charge is 0.478 e. The van der Waals surface area contributed by atoms with Crippen LogP contribution in [0.25, 0.3) is 0 Å². The molecule has 0 aliphatic carbocycles. The average molecular weight is 438 g/mol. The number of nitrogens with zero attached hydrogens (tertiary/aromatic N) is 4. The lowest BCUT2D eigenvalue weighted by Gasteiger charge is -2.39. The predicted octanol–water partition coefficient (Wildman–Crippen LogP) is 3.83. The number of carbonyl (C=O) groups is 1. The molecule has 4 rings (SSSR count). The molecule has 2 aliphatic rings. The fourth-order valence-electron chi connectivity index (χ4n) is 5.00. The van der Waals surface area contributed by atoms with E-state index in [1.165, 1.54) is 25.5 Å². The molecule has 7 nitrogen and oxygen atoms in total. The van der Waals surface area contributed by atoms with Crippen LogP contribution in [0.15, 0.2) is 36.7 Å². The summed E-state index contributed by atoms with van der Waals surface area (Å²) < 4.78 is 6.04. The van der Waals surface area contributed by atoms with Crippen LogP contribution in [0.5, 0.6) is 5.75 Å². The number of hydrogen-bond donors (Lipinski definition) is 1. The van der Waals surface area contributed by atoms with Crippen molar-refractivity contribution in [2.24, 2.45) is 0 Å². The summed E-state index contributed by atoms with van der Waals surface area (Å²) in [7, 11) is 0. The van der Waals surface area contributed by atoms with Crippen LogP contribution >= 0.6 is 0 Å². The van der Waals surface area contributed by atoms with Gasteiger partial charge >= 0.3 is 0 Å². The highest BCUT2D eigenvalue weighted by Crippen LogP contribution is 2.34. The second kappa shape index (κ2) is 10.3. The van der Waals surface area contributed by atoms with Crippen molar-refractivity contribution in [2.75, 3.05) is 23.7 Å². The highest BCUT2D eigenvalue weighted by molar-refractivity contribution is 6.00. The Kier molecular flexibility index (Phi) is 7.25. The predicted molar refractivity (Wildman–Crippen MR) is 127 cm³/mol. The Labute approximate surface area is 191 Å². The van der Waals surface area contributed by atoms with Gasteiger partial charge in [0.15, 0.2) is 6.10 Å². The minimum absolute atomic E-state index is 0.0220. The smallest absolute Gasteiger partial charge is 0.268 e. The third kappa shape index (κ3) is 5.21. The summed E-state index contributed by atoms with van der Waals surface area (Å²) in [5.41, 5.74) is 7.27. The third-order valence-corrected chi connectivity index (χ3v) is 6.74. The molecule has 1 aromatic heterocycles. The number of nitrogens with two attached hydrogens (primary N) is 1. The van der Waals surface area contributed by atoms with E-state index in [1.807, 2.05) is 29.2 Å². The first kappa shape index (κ1) is 22.5. The molecule has 0 bridgehead atoms. The number of fused-ring (bicyclic) bond motifs is 1. The van der Waals surface area contributed by atoms with E-state index < -0.39 is 6.10 Å². The molecule has 1 aromatic carbocycles. The maximum Gasteiger partial charge on any atom is 0.268 e. The number of carbonyl (C=O) groups excluding carboxylic acids is 1. The number of unbranched alkanes of at least 4 members (excludes halogenated alkanes) is 2. The molecule has 0 saturated carbocycles. The van der Waals surface area contributed by atoms with Gasteiger partial charge in [-0.2, -0.15) is 0 Å². The summed E-state index contributed by atoms with van der Waals surface area (Å²) in [5, 5.41) is 0. The van der Waals surface area contributed by atoms with Gasteiger partial charge < -0.3 is 15.4 Å². The van der Waals surface area contributed by atoms with Gasteiger partial charge in [0, 0.05) is 31.2 Å². The molecule has 1 unspecified atom stereocenters. The molecule has 2 N–H and O–H groups in total. The molecule has 172 valence electrons. The van der Waals surface area contributed by atoms with Gasteiger partial charge in [0.05, 0.1) is 17.6 Å². The zero-order valence-electron chi connectivity index (χ0n) is 19.2. The summed E-state index contributed by atoms with van der Waals surface area (Å²) in [6, 6.07) is 9.13. The Morgan fingerprint density at radius 3 is 2.59 bits per heavy atom. The number of likely N-dealkylation sites (tertiary alicyclic amines) is 1. The molecule has 0 spiro atoms. The molecular formula is C25H35N5O2. The second-order valence-corrected chi connectivity index (χ2v) is 9.13. The highest BCUT2D eigenvalue weighted by Gasteiger charge is 2.34. The van der Waals surface area contributed by atoms with Gasteiger partial charge in [-0.1, -0.05) is 25.0 Å². The first-order valence-electron chi connectivity index (χ1n) is 11.9. The van der Waals surface area contributed by atoms with Crippen LogP contribution in [0.4, 0.5) is 11.5 Å². The van der Waals surface area contributed by atoms with E-state index in [0.29, 0.717) is 36.6 Å². The Hall–Kier alpha value is -2.67. The van der Waals surface area contributed by atoms with Crippen molar-refractivity contribution in [3.05, 3.63) is 42.4 Å². The van der Waals surface area contributed by atoms with Gasteiger partial charge in [-0.3, -0.25) is 14.7 Å². The zero-order chi connectivity index (χ0) is 22.5. The molecule has 7 heteroatoms. The first-order valence-corrected chi connectivity index (χ1v) is 11.9. The van der Waals surface area contributed by atoms with E-state index in [2.05, 4.69) is 28.7 Å². The van der Waals surface area contributed by atoms with E-state index in [0.717, 1.165) is 37.2 Å². The highest BCUT2D eigenvalue weighted by atomic mass is 16.5. The van der Waals surface area contributed by atoms with Crippen LogP contribution in [-0.4, -0.2) is 52.1 Å². The van der Waals surface area contributed by atoms with Crippen molar-refractivity contribution in [3.63, 3.8) is 0 Å². The lowest BCUT2D eigenvalue weighted by molar-refractivity contribution is -0.126. The van der Waals surface area contributed by atoms with Crippen molar-refractivity contribution >= 4 is 17.4 Å². The number of para-hydroxylation sites is 2. The lowest BCUT2D eigenvalue weighted by atomic mass is 9.97. The van der Waals surface area contributed by atoms with Crippen LogP contribution in [-0.2, 0) is 11.2 Å². The summed E-state index contributed by atoms with van der Waals surface area (Å²) in [6.45, 7) is 6.55. The van der Waals surface area contributed by atoms with Gasteiger partial charge in [0.25, 0.3) is 5.91 Å². The summed E-state index contributed by atoms with van der Waals surface area (Å²) in [4.78, 5) is 26.2. The summed E-state index contributed by atoms with van der Waals surface area (Å²) in [6.07, 6.45) is 10.1. The van der Waals surface area contributed by atoms with Gasteiger partial charge in [-0.15, -0.1) is 0 Å². The van der Waals surface area contributed by atoms with Crippen molar-refractivity contribution in [3.8, 4) is 5.75 Å². The van der Waals surface area contributed by atoms with E-state index in [-0.39, 0.29) is 5.91 Å². The Bertz CT molecular complexity index is 911. The van der Waals surface area contributed by atoms with Crippen LogP contribution < -0.4 is 15.4 Å². The number of amides is 1. The van der Waals surface area contributed by atoms with Crippen molar-refractivity contribution < 1.29 is 9.53 Å². The molecule has 1 fully saturated rings. The maximum atomic E-state index is 13.3. The number of nitrogen functional groups attached to an aromatic ring is 1. The SMILES string of the molecule is C[C@@H]1CCC[C@H](C)N1CCCCCN1C(=O)C(Cc2cncc(N)n2)Oc2ccccc21. The topological polar surface area (TPSA) is 84.6 Å². The second-order valence-electron chi connectivity index (χ2n) is 9.13. The molecule has 2 aliphatic heterocycles. The first-order chi connectivity index (χ1) is 15.5. The zero-order valence-corrected chi connectivity index (χ0v) is 19.2. The molecule has 0 radical (unpaired) electrons. The molecule has 3 atom stereocenters. The number of hydrogen-bond acceptors (Lipinski definition) is 6. The van der Waals surface area contributed by atoms with Crippen molar-refractivity contribution in [1.29, 1.82) is 0 Å². The van der Waals surface area contributed by atoms with Crippen LogP contribution in [0.2, 0.25) is 0 Å². The molecular weight excluding hydrogens is 402 g/mol. The minimum Gasteiger partial charge on any atom is -0.478 e. The Balaban J connectivity index is 1.35. The standard InChI is InChI=1S/C25H35N5O2/c1-18-9-8-10-19(2)29(18)13-6-3-7-14-30-21-11-4-5-12-22(21)32-23(25(30)31)15-20-16-27-17-24(26)28-20/h4-5,11-12,16-19,23H,3,6-10,13-15H2,1-2H3,(H2,26,28)/t18-,19+,23?. The van der Waals surface area contributed by atoms with E-state index in [9.17, 15) is 4.79 Å². The van der Waals surface area contributed by atoms with Crippen molar-refractivity contribution in [2.45, 2.75) is 77.0 Å². The van der Waals surface area contributed by atoms with E-state index in [1.54, 1.807) is 6.20 Å². The van der Waals surface area contributed by atoms with Crippen LogP contribution in [0.1, 0.15) is 58.1 Å². The average Bonchev–Trinajstić information content (AvgIpc) is 2.77. The van der Waals surface area contributed by atoms with E-state index >= 15 is 0 Å². The van der Waals surface area contributed by atoms with Crippen LogP contribution in [0.3, 0.4) is 0 Å². The van der Waals surface area contributed by atoms with Gasteiger partial charge in [0.2, 0.25) is 0 Å². The molecule has 1 amide bonds. The van der Waals surface area contributed by atoms with Crippen LogP contribution in [0, 0.1) is 0 Å². The number of ether oxygens (including phenoxy) is 1. The normalized spacial score (nSPS) is 23.6. The molecule has 1 saturated heterocycles. The number of aromatic nitrogens is 2. The Morgan fingerprint density at radius 2 is 1.81 bits per heavy atom. The summed E-state index contributed by atoms with van der Waals surface area (Å²) in [5.74, 6) is 1.07. The number of piperidine rings is 1. The van der Waals surface area contributed by atoms with Gasteiger partial charge in [-0.25, -0.2) is 4.98 Å². The summed E-state index contributed by atoms with van der Waals surface area (Å²) >= 11 is 0. The number of rotatable bonds is 8. The van der Waals surface area contributed by atoms with Gasteiger partial charge in [0.1, 0.15) is 11.6 Å². The number of benzene rings is 1. The number of anilines is 2.